The summed E-state index contributed by atoms with van der Waals surface area (Å²) in [5.74, 6) is -0.256. The molecule has 2 heterocycles. The number of hydrogen-bond donors (Lipinski definition) is 0. The molecule has 0 fully saturated rings. The number of aryl methyl sites for hydroxylation is 1. The predicted octanol–water partition coefficient (Wildman–Crippen LogP) is 5.98. The number of aromatic nitrogens is 1. The summed E-state index contributed by atoms with van der Waals surface area (Å²) in [6, 6.07) is 16.1. The number of alkyl halides is 3. The summed E-state index contributed by atoms with van der Waals surface area (Å²) in [5.41, 5.74) is 3.46. The van der Waals surface area contributed by atoms with E-state index in [2.05, 4.69) is 0 Å². The number of rotatable bonds is 4. The minimum Gasteiger partial charge on any atom is -0.483 e. The van der Waals surface area contributed by atoms with Crippen molar-refractivity contribution in [3.05, 3.63) is 82.1 Å². The highest BCUT2D eigenvalue weighted by Gasteiger charge is 2.35. The number of anilines is 1. The lowest BCUT2D eigenvalue weighted by atomic mass is 10.1. The summed E-state index contributed by atoms with van der Waals surface area (Å²) in [7, 11) is 0. The van der Waals surface area contributed by atoms with Gasteiger partial charge in [-0.2, -0.15) is 0 Å². The molecule has 1 aliphatic heterocycles. The average Bonchev–Trinajstić information content (AvgIpc) is 3.04. The van der Waals surface area contributed by atoms with E-state index < -0.39 is 9.58 Å². The van der Waals surface area contributed by atoms with Gasteiger partial charge >= 0.3 is 0 Å². The van der Waals surface area contributed by atoms with Crippen LogP contribution in [0.15, 0.2) is 54.6 Å². The van der Waals surface area contributed by atoms with Crippen LogP contribution >= 0.6 is 46.4 Å². The van der Waals surface area contributed by atoms with Gasteiger partial charge in [-0.05, 0) is 54.4 Å². The maximum absolute atomic E-state index is 13.2. The topological polar surface area (TPSA) is 51.5 Å². The molecule has 0 saturated heterocycles. The first-order chi connectivity index (χ1) is 15.1. The number of Topliss-reactive ketones (excluding diaryl/α,β-unsaturated/α-hetero) is 1. The molecular formula is C23H18Cl4N2O3. The molecule has 9 heteroatoms. The van der Waals surface area contributed by atoms with Crippen molar-refractivity contribution in [2.45, 2.75) is 23.8 Å². The third-order valence-electron chi connectivity index (χ3n) is 5.28. The first-order valence-electron chi connectivity index (χ1n) is 9.72. The molecule has 2 aromatic carbocycles. The van der Waals surface area contributed by atoms with E-state index in [9.17, 15) is 9.59 Å². The smallest absolute Gasteiger partial charge is 0.265 e. The number of halogens is 4. The Hall–Kier alpha value is -2.18. The lowest BCUT2D eigenvalue weighted by Crippen LogP contribution is -2.34. The largest absolute Gasteiger partial charge is 0.483 e. The SMILES string of the molecule is Cc1cc(Cl)ccc1OCC(=O)N1Cc2ccc(C(=O)C(Cl)(Cl)Cl)n2Cc2ccccc21. The molecule has 0 bridgehead atoms. The number of carbonyl (C=O) groups is 2. The standard InChI is InChI=1S/C23H18Cl4N2O3/c1-14-10-16(24)6-9-20(14)32-13-21(30)29-12-17-7-8-19(22(31)23(25,26)27)28(17)11-15-4-2-3-5-18(15)29/h2-10H,11-13H2,1H3. The lowest BCUT2D eigenvalue weighted by molar-refractivity contribution is -0.120. The second-order valence-electron chi connectivity index (χ2n) is 7.43. The molecule has 166 valence electrons. The van der Waals surface area contributed by atoms with Crippen molar-refractivity contribution in [2.24, 2.45) is 0 Å². The lowest BCUT2D eigenvalue weighted by Gasteiger charge is -2.23. The Morgan fingerprint density at radius 3 is 2.50 bits per heavy atom. The number of ether oxygens (including phenoxy) is 1. The van der Waals surface area contributed by atoms with Crippen molar-refractivity contribution in [1.29, 1.82) is 0 Å². The van der Waals surface area contributed by atoms with Gasteiger partial charge in [-0.1, -0.05) is 64.6 Å². The number of benzene rings is 2. The van der Waals surface area contributed by atoms with E-state index in [1.54, 1.807) is 39.8 Å². The Balaban J connectivity index is 1.64. The van der Waals surface area contributed by atoms with Gasteiger partial charge in [0.15, 0.2) is 6.61 Å². The van der Waals surface area contributed by atoms with Crippen LogP contribution in [0.4, 0.5) is 5.69 Å². The Bertz CT molecular complexity index is 1200. The molecule has 1 amide bonds. The van der Waals surface area contributed by atoms with Crippen LogP contribution in [0, 0.1) is 6.92 Å². The maximum Gasteiger partial charge on any atom is 0.265 e. The van der Waals surface area contributed by atoms with E-state index in [0.717, 1.165) is 22.5 Å². The first-order valence-corrected chi connectivity index (χ1v) is 11.2. The molecule has 4 rings (SSSR count). The summed E-state index contributed by atoms with van der Waals surface area (Å²) in [5, 5.41) is 0.601. The average molecular weight is 512 g/mol. The summed E-state index contributed by atoms with van der Waals surface area (Å²) >= 11 is 23.5. The molecular weight excluding hydrogens is 494 g/mol. The highest BCUT2D eigenvalue weighted by atomic mass is 35.6. The van der Waals surface area contributed by atoms with Crippen LogP contribution in [-0.2, 0) is 17.9 Å². The van der Waals surface area contributed by atoms with Crippen molar-refractivity contribution in [3.63, 3.8) is 0 Å². The molecule has 0 radical (unpaired) electrons. The molecule has 1 aromatic heterocycles. The Morgan fingerprint density at radius 1 is 1.03 bits per heavy atom. The third-order valence-corrected chi connectivity index (χ3v) is 6.03. The molecule has 0 aliphatic carbocycles. The minimum atomic E-state index is -2.07. The number of hydrogen-bond acceptors (Lipinski definition) is 3. The quantitative estimate of drug-likeness (QED) is 0.320. The zero-order valence-electron chi connectivity index (χ0n) is 16.9. The van der Waals surface area contributed by atoms with Crippen molar-refractivity contribution in [2.75, 3.05) is 11.5 Å². The van der Waals surface area contributed by atoms with Gasteiger partial charge in [-0.25, -0.2) is 0 Å². The van der Waals surface area contributed by atoms with Crippen LogP contribution in [0.1, 0.15) is 27.3 Å². The van der Waals surface area contributed by atoms with Crippen LogP contribution in [0.3, 0.4) is 0 Å². The summed E-state index contributed by atoms with van der Waals surface area (Å²) in [4.78, 5) is 27.5. The van der Waals surface area contributed by atoms with Gasteiger partial charge in [-0.3, -0.25) is 9.59 Å². The second-order valence-corrected chi connectivity index (χ2v) is 10.1. The molecule has 32 heavy (non-hydrogen) atoms. The van der Waals surface area contributed by atoms with E-state index in [1.807, 2.05) is 31.2 Å². The van der Waals surface area contributed by atoms with Gasteiger partial charge in [0.25, 0.3) is 9.70 Å². The minimum absolute atomic E-state index is 0.155. The monoisotopic (exact) mass is 510 g/mol. The van der Waals surface area contributed by atoms with Gasteiger partial charge in [0.05, 0.1) is 18.8 Å². The van der Waals surface area contributed by atoms with Gasteiger partial charge < -0.3 is 14.2 Å². The van der Waals surface area contributed by atoms with Crippen LogP contribution in [0.25, 0.3) is 0 Å². The van der Waals surface area contributed by atoms with Gasteiger partial charge in [0.2, 0.25) is 5.78 Å². The van der Waals surface area contributed by atoms with E-state index in [1.165, 1.54) is 0 Å². The zero-order valence-corrected chi connectivity index (χ0v) is 20.0. The number of nitrogens with zero attached hydrogens (tertiary/aromatic N) is 2. The predicted molar refractivity (Wildman–Crippen MR) is 127 cm³/mol. The van der Waals surface area contributed by atoms with E-state index in [-0.39, 0.29) is 24.8 Å². The van der Waals surface area contributed by atoms with E-state index in [0.29, 0.717) is 17.3 Å². The van der Waals surface area contributed by atoms with E-state index >= 15 is 0 Å². The fraction of sp³-hybridized carbons (Fsp3) is 0.217. The fourth-order valence-electron chi connectivity index (χ4n) is 3.72. The highest BCUT2D eigenvalue weighted by Crippen LogP contribution is 2.34. The van der Waals surface area contributed by atoms with Gasteiger partial charge in [-0.15, -0.1) is 0 Å². The maximum atomic E-state index is 13.2. The Labute approximate surface area is 205 Å². The third kappa shape index (κ3) is 4.62. The van der Waals surface area contributed by atoms with Gasteiger partial charge in [0.1, 0.15) is 5.75 Å². The van der Waals surface area contributed by atoms with Crippen LogP contribution in [0.2, 0.25) is 5.02 Å². The number of ketones is 1. The van der Waals surface area contributed by atoms with E-state index in [4.69, 9.17) is 51.1 Å². The van der Waals surface area contributed by atoms with Gasteiger partial charge in [0, 0.05) is 16.4 Å². The summed E-state index contributed by atoms with van der Waals surface area (Å²) in [6.07, 6.45) is 0. The number of amides is 1. The molecule has 0 atom stereocenters. The van der Waals surface area contributed by atoms with Crippen molar-refractivity contribution < 1.29 is 14.3 Å². The van der Waals surface area contributed by atoms with Crippen molar-refractivity contribution >= 4 is 63.8 Å². The normalized spacial score (nSPS) is 13.2. The van der Waals surface area contributed by atoms with Crippen molar-refractivity contribution in [1.82, 2.24) is 4.57 Å². The molecule has 0 spiro atoms. The van der Waals surface area contributed by atoms with Crippen molar-refractivity contribution in [3.8, 4) is 5.75 Å². The second kappa shape index (κ2) is 8.99. The molecule has 1 aliphatic rings. The fourth-order valence-corrected chi connectivity index (χ4v) is 4.24. The summed E-state index contributed by atoms with van der Waals surface area (Å²) < 4.78 is 5.49. The Morgan fingerprint density at radius 2 is 1.78 bits per heavy atom. The van der Waals surface area contributed by atoms with Crippen LogP contribution in [-0.4, -0.2) is 26.7 Å². The highest BCUT2D eigenvalue weighted by molar-refractivity contribution is 6.77. The molecule has 0 unspecified atom stereocenters. The summed E-state index contributed by atoms with van der Waals surface area (Å²) in [6.45, 7) is 2.31. The molecule has 0 N–H and O–H groups in total. The first kappa shape index (κ1) is 23.0. The molecule has 5 nitrogen and oxygen atoms in total. The molecule has 0 saturated carbocycles. The zero-order chi connectivity index (χ0) is 23.0. The number of para-hydroxylation sites is 1. The number of carbonyl (C=O) groups excluding carboxylic acids is 2. The number of fused-ring (bicyclic) bond motifs is 2. The Kier molecular flexibility index (Phi) is 6.46. The van der Waals surface area contributed by atoms with Crippen LogP contribution in [0.5, 0.6) is 5.75 Å². The molecule has 3 aromatic rings. The van der Waals surface area contributed by atoms with Crippen LogP contribution < -0.4 is 9.64 Å².